The van der Waals surface area contributed by atoms with Gasteiger partial charge >= 0.3 is 0 Å². The maximum absolute atomic E-state index is 5.90. The molecule has 5 aromatic rings. The summed E-state index contributed by atoms with van der Waals surface area (Å²) in [4.78, 5) is 0.751. The molecule has 0 unspecified atom stereocenters. The van der Waals surface area contributed by atoms with E-state index >= 15 is 0 Å². The van der Waals surface area contributed by atoms with Crippen LogP contribution in [0.25, 0.3) is 38.1 Å². The third kappa shape index (κ3) is 2.04. The maximum Gasteiger partial charge on any atom is 0.235 e. The smallest absolute Gasteiger partial charge is 0.235 e. The van der Waals surface area contributed by atoms with E-state index in [1.54, 1.807) is 4.52 Å². The Labute approximate surface area is 141 Å². The van der Waals surface area contributed by atoms with Gasteiger partial charge in [0.1, 0.15) is 5.58 Å². The van der Waals surface area contributed by atoms with Crippen LogP contribution >= 0.6 is 11.3 Å². The highest BCUT2D eigenvalue weighted by molar-refractivity contribution is 7.19. The van der Waals surface area contributed by atoms with E-state index in [1.807, 2.05) is 42.5 Å². The molecular weight excluding hydrogens is 320 g/mol. The van der Waals surface area contributed by atoms with Gasteiger partial charge < -0.3 is 4.42 Å². The summed E-state index contributed by atoms with van der Waals surface area (Å²) in [6, 6.07) is 18.1. The third-order valence-electron chi connectivity index (χ3n) is 3.94. The molecule has 0 saturated carbocycles. The fourth-order valence-electron chi connectivity index (χ4n) is 2.69. The van der Waals surface area contributed by atoms with Crippen molar-refractivity contribution in [3.63, 3.8) is 0 Å². The molecule has 5 rings (SSSR count). The minimum Gasteiger partial charge on any atom is -0.453 e. The van der Waals surface area contributed by atoms with Crippen molar-refractivity contribution >= 4 is 27.3 Å². The van der Waals surface area contributed by atoms with E-state index in [-0.39, 0.29) is 0 Å². The van der Waals surface area contributed by atoms with Gasteiger partial charge in [-0.1, -0.05) is 59.4 Å². The average Bonchev–Trinajstić information content (AvgIpc) is 3.28. The lowest BCUT2D eigenvalue weighted by Gasteiger charge is -1.97. The molecule has 5 nitrogen and oxygen atoms in total. The summed E-state index contributed by atoms with van der Waals surface area (Å²) in [6.07, 6.45) is 0. The number of furan rings is 1. The van der Waals surface area contributed by atoms with Crippen LogP contribution in [0.4, 0.5) is 0 Å². The molecule has 116 valence electrons. The molecule has 0 radical (unpaired) electrons. The van der Waals surface area contributed by atoms with Crippen LogP contribution in [0.15, 0.2) is 59.0 Å². The molecule has 2 aromatic carbocycles. The van der Waals surface area contributed by atoms with Crippen LogP contribution in [0.3, 0.4) is 0 Å². The van der Waals surface area contributed by atoms with E-state index < -0.39 is 0 Å². The number of hydrogen-bond acceptors (Lipinski definition) is 5. The summed E-state index contributed by atoms with van der Waals surface area (Å²) in [5.41, 5.74) is 3.06. The Kier molecular flexibility index (Phi) is 2.80. The Morgan fingerprint density at radius 2 is 1.83 bits per heavy atom. The number of aromatic nitrogens is 4. The Balaban J connectivity index is 1.65. The number of hydrogen-bond donors (Lipinski definition) is 0. The van der Waals surface area contributed by atoms with Crippen molar-refractivity contribution < 1.29 is 4.42 Å². The minimum absolute atomic E-state index is 0.739. The van der Waals surface area contributed by atoms with E-state index in [0.29, 0.717) is 0 Å². The lowest BCUT2D eigenvalue weighted by molar-refractivity contribution is 0.629. The normalized spacial score (nSPS) is 11.5. The molecule has 0 N–H and O–H groups in total. The maximum atomic E-state index is 5.90. The summed E-state index contributed by atoms with van der Waals surface area (Å²) >= 11 is 1.47. The molecule has 0 aliphatic carbocycles. The van der Waals surface area contributed by atoms with Crippen molar-refractivity contribution in [1.82, 2.24) is 19.8 Å². The first-order valence-corrected chi connectivity index (χ1v) is 8.38. The molecule has 0 amide bonds. The zero-order valence-corrected chi connectivity index (χ0v) is 13.6. The summed E-state index contributed by atoms with van der Waals surface area (Å²) < 4.78 is 7.68. The summed E-state index contributed by atoms with van der Waals surface area (Å²) in [5.74, 6) is 1.49. The van der Waals surface area contributed by atoms with Crippen LogP contribution in [-0.2, 0) is 0 Å². The van der Waals surface area contributed by atoms with Gasteiger partial charge in [-0.15, -0.1) is 15.3 Å². The topological polar surface area (TPSA) is 56.2 Å². The third-order valence-corrected chi connectivity index (χ3v) is 4.85. The summed E-state index contributed by atoms with van der Waals surface area (Å²) in [5, 5.41) is 15.0. The Morgan fingerprint density at radius 3 is 2.67 bits per heavy atom. The molecule has 0 aliphatic rings. The summed E-state index contributed by atoms with van der Waals surface area (Å²) in [7, 11) is 0. The predicted molar refractivity (Wildman–Crippen MR) is 94.0 cm³/mol. The van der Waals surface area contributed by atoms with Crippen molar-refractivity contribution in [2.24, 2.45) is 0 Å². The van der Waals surface area contributed by atoms with Crippen molar-refractivity contribution in [3.05, 3.63) is 60.2 Å². The second kappa shape index (κ2) is 5.01. The first-order valence-electron chi connectivity index (χ1n) is 7.56. The van der Waals surface area contributed by atoms with Crippen molar-refractivity contribution in [2.75, 3.05) is 0 Å². The van der Waals surface area contributed by atoms with Crippen LogP contribution in [0.5, 0.6) is 0 Å². The van der Waals surface area contributed by atoms with Gasteiger partial charge in [0.05, 0.1) is 0 Å². The number of fused-ring (bicyclic) bond motifs is 2. The molecule has 24 heavy (non-hydrogen) atoms. The molecule has 0 fully saturated rings. The Morgan fingerprint density at radius 1 is 1.00 bits per heavy atom. The number of benzene rings is 2. The molecule has 0 spiro atoms. The van der Waals surface area contributed by atoms with Gasteiger partial charge in [-0.2, -0.15) is 4.52 Å². The molecule has 0 bridgehead atoms. The number of aryl methyl sites for hydroxylation is 1. The fourth-order valence-corrected chi connectivity index (χ4v) is 3.48. The molecule has 3 aromatic heterocycles. The largest absolute Gasteiger partial charge is 0.453 e. The predicted octanol–water partition coefficient (Wildman–Crippen LogP) is 4.57. The van der Waals surface area contributed by atoms with E-state index in [1.165, 1.54) is 16.9 Å². The van der Waals surface area contributed by atoms with Crippen LogP contribution in [0.2, 0.25) is 0 Å². The lowest BCUT2D eigenvalue weighted by atomic mass is 10.1. The van der Waals surface area contributed by atoms with Crippen molar-refractivity contribution in [1.29, 1.82) is 0 Å². The zero-order chi connectivity index (χ0) is 16.1. The van der Waals surface area contributed by atoms with Crippen molar-refractivity contribution in [2.45, 2.75) is 6.92 Å². The number of rotatable bonds is 2. The van der Waals surface area contributed by atoms with Crippen LogP contribution in [-0.4, -0.2) is 19.8 Å². The molecule has 0 atom stereocenters. The molecule has 3 heterocycles. The highest BCUT2D eigenvalue weighted by Gasteiger charge is 2.16. The highest BCUT2D eigenvalue weighted by Crippen LogP contribution is 2.32. The van der Waals surface area contributed by atoms with Gasteiger partial charge in [0, 0.05) is 10.9 Å². The average molecular weight is 332 g/mol. The van der Waals surface area contributed by atoms with Gasteiger partial charge in [0.25, 0.3) is 0 Å². The molecule has 0 saturated heterocycles. The van der Waals surface area contributed by atoms with Gasteiger partial charge in [0.15, 0.2) is 16.6 Å². The monoisotopic (exact) mass is 332 g/mol. The quantitative estimate of drug-likeness (QED) is 0.475. The van der Waals surface area contributed by atoms with Crippen LogP contribution in [0.1, 0.15) is 5.56 Å². The van der Waals surface area contributed by atoms with Gasteiger partial charge in [-0.3, -0.25) is 0 Å². The Hall–Kier alpha value is -2.99. The van der Waals surface area contributed by atoms with Crippen LogP contribution < -0.4 is 0 Å². The first kappa shape index (κ1) is 13.4. The summed E-state index contributed by atoms with van der Waals surface area (Å²) in [6.45, 7) is 2.06. The Bertz CT molecular complexity index is 1130. The highest BCUT2D eigenvalue weighted by atomic mass is 32.1. The number of para-hydroxylation sites is 1. The lowest BCUT2D eigenvalue weighted by Crippen LogP contribution is -1.90. The second-order valence-corrected chi connectivity index (χ2v) is 6.60. The molecular formula is C18H12N4OS. The van der Waals surface area contributed by atoms with Gasteiger partial charge in [0.2, 0.25) is 4.96 Å². The van der Waals surface area contributed by atoms with E-state index in [0.717, 1.165) is 38.1 Å². The van der Waals surface area contributed by atoms with E-state index in [4.69, 9.17) is 4.42 Å². The standard InChI is InChI=1S/C18H12N4OS/c1-11-6-8-12(9-7-11)16-19-20-18-22(16)21-17(24-18)15-10-13-4-2-3-5-14(13)23-15/h2-10H,1H3. The first-order chi connectivity index (χ1) is 11.8. The van der Waals surface area contributed by atoms with Gasteiger partial charge in [-0.05, 0) is 19.1 Å². The van der Waals surface area contributed by atoms with E-state index in [9.17, 15) is 0 Å². The second-order valence-electron chi connectivity index (χ2n) is 5.64. The SMILES string of the molecule is Cc1ccc(-c2nnc3sc(-c4cc5ccccc5o4)nn23)cc1. The molecule has 6 heteroatoms. The minimum atomic E-state index is 0.739. The molecule has 0 aliphatic heterocycles. The van der Waals surface area contributed by atoms with Crippen molar-refractivity contribution in [3.8, 4) is 22.2 Å². The van der Waals surface area contributed by atoms with Gasteiger partial charge in [-0.25, -0.2) is 0 Å². The zero-order valence-electron chi connectivity index (χ0n) is 12.8. The fraction of sp³-hybridized carbons (Fsp3) is 0.0556. The van der Waals surface area contributed by atoms with Crippen LogP contribution in [0, 0.1) is 6.92 Å². The van der Waals surface area contributed by atoms with E-state index in [2.05, 4.69) is 34.4 Å². The number of nitrogens with zero attached hydrogens (tertiary/aromatic N) is 4.